The van der Waals surface area contributed by atoms with Crippen molar-refractivity contribution in [3.63, 3.8) is 0 Å². The fraction of sp³-hybridized carbons (Fsp3) is 0.562. The zero-order valence-electron chi connectivity index (χ0n) is 12.5. The van der Waals surface area contributed by atoms with E-state index in [2.05, 4.69) is 4.90 Å². The summed E-state index contributed by atoms with van der Waals surface area (Å²) >= 11 is 0. The molecule has 4 heteroatoms. The van der Waals surface area contributed by atoms with Crippen LogP contribution in [0.3, 0.4) is 0 Å². The van der Waals surface area contributed by atoms with E-state index < -0.39 is 5.41 Å². The van der Waals surface area contributed by atoms with Crippen molar-refractivity contribution in [1.82, 2.24) is 9.80 Å². The number of rotatable bonds is 5. The van der Waals surface area contributed by atoms with E-state index in [1.807, 2.05) is 26.0 Å². The molecule has 1 aromatic carbocycles. The summed E-state index contributed by atoms with van der Waals surface area (Å²) in [6, 6.07) is 6.41. The molecule has 1 aliphatic rings. The largest absolute Gasteiger partial charge is 0.344 e. The molecule has 0 spiro atoms. The predicted octanol–water partition coefficient (Wildman–Crippen LogP) is 2.27. The SMILES string of the molecule is CN(C)CCN(C)C(=O)C1(c2ccc(F)cc2)CCC1. The molecule has 1 fully saturated rings. The molecule has 1 aliphatic carbocycles. The third-order valence-electron chi connectivity index (χ3n) is 4.24. The van der Waals surface area contributed by atoms with Gasteiger partial charge in [0.05, 0.1) is 5.41 Å². The maximum absolute atomic E-state index is 13.1. The summed E-state index contributed by atoms with van der Waals surface area (Å²) in [6.45, 7) is 1.57. The van der Waals surface area contributed by atoms with Gasteiger partial charge in [0.1, 0.15) is 5.82 Å². The maximum Gasteiger partial charge on any atom is 0.233 e. The molecule has 0 saturated heterocycles. The van der Waals surface area contributed by atoms with E-state index in [0.29, 0.717) is 0 Å². The van der Waals surface area contributed by atoms with Gasteiger partial charge in [-0.25, -0.2) is 4.39 Å². The Morgan fingerprint density at radius 2 is 1.75 bits per heavy atom. The Bertz CT molecular complexity index is 466. The molecular weight excluding hydrogens is 255 g/mol. The summed E-state index contributed by atoms with van der Waals surface area (Å²) in [6.07, 6.45) is 2.79. The minimum atomic E-state index is -0.422. The Hall–Kier alpha value is -1.42. The van der Waals surface area contributed by atoms with Crippen LogP contribution in [0.25, 0.3) is 0 Å². The molecule has 3 nitrogen and oxygen atoms in total. The predicted molar refractivity (Wildman–Crippen MR) is 78.1 cm³/mol. The second-order valence-corrected chi connectivity index (χ2v) is 5.97. The van der Waals surface area contributed by atoms with Crippen molar-refractivity contribution in [2.24, 2.45) is 0 Å². The number of benzene rings is 1. The van der Waals surface area contributed by atoms with Gasteiger partial charge in [-0.15, -0.1) is 0 Å². The third kappa shape index (κ3) is 2.85. The number of amides is 1. The molecule has 1 saturated carbocycles. The summed E-state index contributed by atoms with van der Waals surface area (Å²) in [5.74, 6) is -0.0890. The number of nitrogens with zero attached hydrogens (tertiary/aromatic N) is 2. The van der Waals surface area contributed by atoms with Gasteiger partial charge in [0, 0.05) is 20.1 Å². The quantitative estimate of drug-likeness (QED) is 0.825. The highest BCUT2D eigenvalue weighted by molar-refractivity contribution is 5.89. The third-order valence-corrected chi connectivity index (χ3v) is 4.24. The van der Waals surface area contributed by atoms with Gasteiger partial charge >= 0.3 is 0 Å². The van der Waals surface area contributed by atoms with E-state index in [0.717, 1.165) is 37.9 Å². The van der Waals surface area contributed by atoms with Crippen LogP contribution in [-0.4, -0.2) is 49.9 Å². The fourth-order valence-electron chi connectivity index (χ4n) is 2.74. The van der Waals surface area contributed by atoms with Crippen LogP contribution in [-0.2, 0) is 10.2 Å². The van der Waals surface area contributed by atoms with Crippen molar-refractivity contribution in [3.05, 3.63) is 35.6 Å². The minimum Gasteiger partial charge on any atom is -0.344 e. The monoisotopic (exact) mass is 278 g/mol. The first kappa shape index (κ1) is 15.0. The molecule has 0 bridgehead atoms. The summed E-state index contributed by atoms with van der Waals surface area (Å²) in [4.78, 5) is 16.6. The van der Waals surface area contributed by atoms with Crippen molar-refractivity contribution in [3.8, 4) is 0 Å². The zero-order chi connectivity index (χ0) is 14.8. The maximum atomic E-state index is 13.1. The first-order chi connectivity index (χ1) is 9.45. The first-order valence-electron chi connectivity index (χ1n) is 7.12. The summed E-state index contributed by atoms with van der Waals surface area (Å²) in [5, 5.41) is 0. The lowest BCUT2D eigenvalue weighted by Crippen LogP contribution is -2.51. The molecule has 0 radical (unpaired) electrons. The molecule has 0 heterocycles. The van der Waals surface area contributed by atoms with Crippen LogP contribution < -0.4 is 0 Å². The normalized spacial score (nSPS) is 16.9. The van der Waals surface area contributed by atoms with Gasteiger partial charge in [-0.05, 0) is 44.6 Å². The van der Waals surface area contributed by atoms with Gasteiger partial charge in [-0.3, -0.25) is 4.79 Å². The first-order valence-corrected chi connectivity index (χ1v) is 7.12. The molecule has 1 amide bonds. The standard InChI is InChI=1S/C16H23FN2O/c1-18(2)11-12-19(3)15(20)16(9-4-10-16)13-5-7-14(17)8-6-13/h5-8H,4,9-12H2,1-3H3. The lowest BCUT2D eigenvalue weighted by Gasteiger charge is -2.43. The second-order valence-electron chi connectivity index (χ2n) is 5.97. The molecule has 0 aliphatic heterocycles. The molecule has 110 valence electrons. The Morgan fingerprint density at radius 3 is 2.20 bits per heavy atom. The van der Waals surface area contributed by atoms with Crippen LogP contribution in [0.15, 0.2) is 24.3 Å². The molecule has 2 rings (SSSR count). The van der Waals surface area contributed by atoms with E-state index in [1.165, 1.54) is 12.1 Å². The van der Waals surface area contributed by atoms with Crippen LogP contribution in [0, 0.1) is 5.82 Å². The molecule has 0 atom stereocenters. The number of hydrogen-bond donors (Lipinski definition) is 0. The Labute approximate surface area is 120 Å². The molecule has 20 heavy (non-hydrogen) atoms. The van der Waals surface area contributed by atoms with E-state index in [9.17, 15) is 9.18 Å². The Morgan fingerprint density at radius 1 is 1.15 bits per heavy atom. The molecular formula is C16H23FN2O. The molecule has 0 unspecified atom stereocenters. The average molecular weight is 278 g/mol. The van der Waals surface area contributed by atoms with Crippen molar-refractivity contribution in [2.75, 3.05) is 34.2 Å². The molecule has 0 N–H and O–H groups in total. The lowest BCUT2D eigenvalue weighted by molar-refractivity contribution is -0.139. The van der Waals surface area contributed by atoms with Crippen LogP contribution >= 0.6 is 0 Å². The molecule has 1 aromatic rings. The number of carbonyl (C=O) groups excluding carboxylic acids is 1. The summed E-state index contributed by atoms with van der Waals surface area (Å²) in [7, 11) is 5.85. The van der Waals surface area contributed by atoms with Crippen LogP contribution in [0.1, 0.15) is 24.8 Å². The highest BCUT2D eigenvalue weighted by Crippen LogP contribution is 2.45. The topological polar surface area (TPSA) is 23.6 Å². The number of carbonyl (C=O) groups is 1. The van der Waals surface area contributed by atoms with Crippen molar-refractivity contribution in [1.29, 1.82) is 0 Å². The van der Waals surface area contributed by atoms with E-state index in [1.54, 1.807) is 12.1 Å². The minimum absolute atomic E-state index is 0.164. The van der Waals surface area contributed by atoms with Crippen LogP contribution in [0.5, 0.6) is 0 Å². The second kappa shape index (κ2) is 5.92. The highest BCUT2D eigenvalue weighted by atomic mass is 19.1. The Balaban J connectivity index is 2.14. The van der Waals surface area contributed by atoms with E-state index >= 15 is 0 Å². The number of likely N-dealkylation sites (N-methyl/N-ethyl adjacent to an activating group) is 2. The van der Waals surface area contributed by atoms with Crippen molar-refractivity contribution < 1.29 is 9.18 Å². The number of halogens is 1. The van der Waals surface area contributed by atoms with Gasteiger partial charge in [0.15, 0.2) is 0 Å². The number of hydrogen-bond acceptors (Lipinski definition) is 2. The van der Waals surface area contributed by atoms with Crippen molar-refractivity contribution >= 4 is 5.91 Å². The van der Waals surface area contributed by atoms with Gasteiger partial charge in [0.2, 0.25) is 5.91 Å². The molecule has 0 aromatic heterocycles. The van der Waals surface area contributed by atoms with Gasteiger partial charge in [-0.2, -0.15) is 0 Å². The van der Waals surface area contributed by atoms with Gasteiger partial charge < -0.3 is 9.80 Å². The van der Waals surface area contributed by atoms with Gasteiger partial charge in [-0.1, -0.05) is 18.6 Å². The van der Waals surface area contributed by atoms with Crippen molar-refractivity contribution in [2.45, 2.75) is 24.7 Å². The van der Waals surface area contributed by atoms with Crippen LogP contribution in [0.2, 0.25) is 0 Å². The highest BCUT2D eigenvalue weighted by Gasteiger charge is 2.46. The lowest BCUT2D eigenvalue weighted by atomic mass is 9.63. The van der Waals surface area contributed by atoms with Gasteiger partial charge in [0.25, 0.3) is 0 Å². The van der Waals surface area contributed by atoms with E-state index in [-0.39, 0.29) is 11.7 Å². The fourth-order valence-corrected chi connectivity index (χ4v) is 2.74. The average Bonchev–Trinajstić information content (AvgIpc) is 2.36. The van der Waals surface area contributed by atoms with E-state index in [4.69, 9.17) is 0 Å². The van der Waals surface area contributed by atoms with Crippen LogP contribution in [0.4, 0.5) is 4.39 Å². The zero-order valence-corrected chi connectivity index (χ0v) is 12.5. The summed E-state index contributed by atoms with van der Waals surface area (Å²) in [5.41, 5.74) is 0.529. The summed E-state index contributed by atoms with van der Waals surface area (Å²) < 4.78 is 13.1. The smallest absolute Gasteiger partial charge is 0.233 e. The Kier molecular flexibility index (Phi) is 4.43.